The molecule has 1 saturated heterocycles. The Hall–Kier alpha value is 0.180. The zero-order valence-electron chi connectivity index (χ0n) is 8.50. The van der Waals surface area contributed by atoms with Gasteiger partial charge in [0, 0.05) is 24.3 Å². The molecule has 1 aliphatic heterocycles. The third kappa shape index (κ3) is 4.58. The summed E-state index contributed by atoms with van der Waals surface area (Å²) < 4.78 is 60.0. The van der Waals surface area contributed by atoms with Crippen LogP contribution >= 0.6 is 15.9 Å². The Kier molecular flexibility index (Phi) is 4.65. The Morgan fingerprint density at radius 3 is 2.44 bits per heavy atom. The topological polar surface area (TPSA) is 37.4 Å². The van der Waals surface area contributed by atoms with Crippen LogP contribution in [-0.4, -0.2) is 42.6 Å². The van der Waals surface area contributed by atoms with Crippen molar-refractivity contribution in [1.82, 2.24) is 4.31 Å². The largest absolute Gasteiger partial charge is 0.389 e. The van der Waals surface area contributed by atoms with E-state index in [1.54, 1.807) is 0 Å². The summed E-state index contributed by atoms with van der Waals surface area (Å²) in [4.78, 5) is 0.116. The van der Waals surface area contributed by atoms with Crippen LogP contribution in [0, 0.1) is 0 Å². The van der Waals surface area contributed by atoms with Gasteiger partial charge < -0.3 is 0 Å². The molecule has 96 valence electrons. The first kappa shape index (κ1) is 14.2. The van der Waals surface area contributed by atoms with E-state index in [4.69, 9.17) is 0 Å². The standard InChI is InChI=1S/C8H13BrF3NO2S/c9-7-2-4-13(6-7)16(14,15)5-1-3-8(10,11)12/h7H,1-6H2. The number of hydrogen-bond donors (Lipinski definition) is 0. The van der Waals surface area contributed by atoms with Crippen LogP contribution in [0.3, 0.4) is 0 Å². The van der Waals surface area contributed by atoms with Gasteiger partial charge in [-0.1, -0.05) is 15.9 Å². The maximum Gasteiger partial charge on any atom is 0.389 e. The van der Waals surface area contributed by atoms with Gasteiger partial charge in [0.2, 0.25) is 10.0 Å². The van der Waals surface area contributed by atoms with Crippen molar-refractivity contribution in [3.63, 3.8) is 0 Å². The fourth-order valence-corrected chi connectivity index (χ4v) is 3.83. The molecule has 1 atom stereocenters. The molecule has 1 unspecified atom stereocenters. The molecule has 0 spiro atoms. The van der Waals surface area contributed by atoms with Crippen molar-refractivity contribution in [2.75, 3.05) is 18.8 Å². The number of alkyl halides is 4. The normalized spacial score (nSPS) is 23.9. The Balaban J connectivity index is 2.41. The van der Waals surface area contributed by atoms with E-state index < -0.39 is 28.4 Å². The molecule has 0 amide bonds. The monoisotopic (exact) mass is 323 g/mol. The van der Waals surface area contributed by atoms with Gasteiger partial charge in [0.15, 0.2) is 0 Å². The van der Waals surface area contributed by atoms with Crippen LogP contribution in [0.15, 0.2) is 0 Å². The molecule has 0 aliphatic carbocycles. The van der Waals surface area contributed by atoms with Gasteiger partial charge in [0.05, 0.1) is 5.75 Å². The van der Waals surface area contributed by atoms with Gasteiger partial charge in [-0.2, -0.15) is 13.2 Å². The Morgan fingerprint density at radius 1 is 1.38 bits per heavy atom. The van der Waals surface area contributed by atoms with Crippen LogP contribution in [0.1, 0.15) is 19.3 Å². The van der Waals surface area contributed by atoms with E-state index in [0.717, 1.165) is 0 Å². The Morgan fingerprint density at radius 2 is 2.00 bits per heavy atom. The molecule has 16 heavy (non-hydrogen) atoms. The van der Waals surface area contributed by atoms with Crippen molar-refractivity contribution < 1.29 is 21.6 Å². The van der Waals surface area contributed by atoms with Crippen LogP contribution in [-0.2, 0) is 10.0 Å². The third-order valence-electron chi connectivity index (χ3n) is 2.35. The van der Waals surface area contributed by atoms with Gasteiger partial charge in [-0.05, 0) is 12.8 Å². The molecule has 0 aromatic heterocycles. The lowest BCUT2D eigenvalue weighted by Crippen LogP contribution is -2.31. The van der Waals surface area contributed by atoms with Gasteiger partial charge in [0.1, 0.15) is 0 Å². The van der Waals surface area contributed by atoms with Crippen LogP contribution in [0.4, 0.5) is 13.2 Å². The minimum atomic E-state index is -4.28. The van der Waals surface area contributed by atoms with Crippen LogP contribution < -0.4 is 0 Å². The van der Waals surface area contributed by atoms with Gasteiger partial charge >= 0.3 is 6.18 Å². The summed E-state index contributed by atoms with van der Waals surface area (Å²) in [7, 11) is -3.51. The Labute approximate surface area is 101 Å². The predicted octanol–water partition coefficient (Wildman–Crippen LogP) is 2.13. The first-order chi connectivity index (χ1) is 7.21. The van der Waals surface area contributed by atoms with Crippen LogP contribution in [0.5, 0.6) is 0 Å². The SMILES string of the molecule is O=S(=O)(CCCC(F)(F)F)N1CCC(Br)C1. The highest BCUT2D eigenvalue weighted by atomic mass is 79.9. The highest BCUT2D eigenvalue weighted by molar-refractivity contribution is 9.09. The average Bonchev–Trinajstić information content (AvgIpc) is 2.49. The van der Waals surface area contributed by atoms with Crippen LogP contribution in [0.25, 0.3) is 0 Å². The first-order valence-electron chi connectivity index (χ1n) is 4.89. The van der Waals surface area contributed by atoms with E-state index in [9.17, 15) is 21.6 Å². The summed E-state index contributed by atoms with van der Waals surface area (Å²) >= 11 is 3.28. The summed E-state index contributed by atoms with van der Waals surface area (Å²) in [5.74, 6) is -0.424. The molecule has 0 radical (unpaired) electrons. The van der Waals surface area contributed by atoms with E-state index in [1.807, 2.05) is 0 Å². The highest BCUT2D eigenvalue weighted by Gasteiger charge is 2.32. The third-order valence-corrected chi connectivity index (χ3v) is 5.02. The van der Waals surface area contributed by atoms with Crippen molar-refractivity contribution in [3.05, 3.63) is 0 Å². The molecule has 0 bridgehead atoms. The predicted molar refractivity (Wildman–Crippen MR) is 58.0 cm³/mol. The van der Waals surface area contributed by atoms with Gasteiger partial charge in [-0.3, -0.25) is 0 Å². The lowest BCUT2D eigenvalue weighted by Gasteiger charge is -2.15. The number of halogens is 4. The van der Waals surface area contributed by atoms with Gasteiger partial charge in [-0.25, -0.2) is 12.7 Å². The zero-order chi connectivity index (χ0) is 12.4. The van der Waals surface area contributed by atoms with E-state index in [0.29, 0.717) is 19.5 Å². The Bertz CT molecular complexity index is 331. The van der Waals surface area contributed by atoms with Crippen molar-refractivity contribution >= 4 is 26.0 Å². The molecule has 1 aliphatic rings. The molecule has 0 N–H and O–H groups in total. The second-order valence-corrected chi connectivity index (χ2v) is 7.16. The fraction of sp³-hybridized carbons (Fsp3) is 1.00. The minimum Gasteiger partial charge on any atom is -0.212 e. The van der Waals surface area contributed by atoms with Crippen molar-refractivity contribution in [2.45, 2.75) is 30.3 Å². The molecule has 1 fully saturated rings. The first-order valence-corrected chi connectivity index (χ1v) is 7.42. The lowest BCUT2D eigenvalue weighted by molar-refractivity contribution is -0.134. The lowest BCUT2D eigenvalue weighted by atomic mass is 10.3. The van der Waals surface area contributed by atoms with E-state index >= 15 is 0 Å². The van der Waals surface area contributed by atoms with Crippen LogP contribution in [0.2, 0.25) is 0 Å². The minimum absolute atomic E-state index is 0.116. The highest BCUT2D eigenvalue weighted by Crippen LogP contribution is 2.24. The quantitative estimate of drug-likeness (QED) is 0.743. The zero-order valence-corrected chi connectivity index (χ0v) is 10.9. The molecular weight excluding hydrogens is 311 g/mol. The molecule has 0 saturated carbocycles. The molecular formula is C8H13BrF3NO2S. The molecule has 0 aromatic carbocycles. The summed E-state index contributed by atoms with van der Waals surface area (Å²) in [6.45, 7) is 0.749. The average molecular weight is 324 g/mol. The molecule has 1 rings (SSSR count). The van der Waals surface area contributed by atoms with Gasteiger partial charge in [0.25, 0.3) is 0 Å². The molecule has 0 aromatic rings. The van der Waals surface area contributed by atoms with Crippen molar-refractivity contribution in [2.24, 2.45) is 0 Å². The maximum absolute atomic E-state index is 11.9. The number of rotatable bonds is 4. The number of nitrogens with zero attached hydrogens (tertiary/aromatic N) is 1. The molecule has 3 nitrogen and oxygen atoms in total. The molecule has 1 heterocycles. The second-order valence-electron chi connectivity index (χ2n) is 3.78. The summed E-state index contributed by atoms with van der Waals surface area (Å²) in [5, 5.41) is 0. The summed E-state index contributed by atoms with van der Waals surface area (Å²) in [5.41, 5.74) is 0. The maximum atomic E-state index is 11.9. The van der Waals surface area contributed by atoms with Crippen molar-refractivity contribution in [3.8, 4) is 0 Å². The van der Waals surface area contributed by atoms with Gasteiger partial charge in [-0.15, -0.1) is 0 Å². The summed E-state index contributed by atoms with van der Waals surface area (Å²) in [6, 6.07) is 0. The number of hydrogen-bond acceptors (Lipinski definition) is 2. The number of sulfonamides is 1. The van der Waals surface area contributed by atoms with E-state index in [2.05, 4.69) is 15.9 Å². The summed E-state index contributed by atoms with van der Waals surface area (Å²) in [6.07, 6.45) is -4.98. The molecule has 8 heteroatoms. The van der Waals surface area contributed by atoms with E-state index in [1.165, 1.54) is 4.31 Å². The smallest absolute Gasteiger partial charge is 0.212 e. The second kappa shape index (κ2) is 5.22. The fourth-order valence-electron chi connectivity index (χ4n) is 1.52. The van der Waals surface area contributed by atoms with E-state index in [-0.39, 0.29) is 11.2 Å². The van der Waals surface area contributed by atoms with Crippen molar-refractivity contribution in [1.29, 1.82) is 0 Å².